The number of aliphatic hydroxyl groups is 1. The Bertz CT molecular complexity index is 304. The van der Waals surface area contributed by atoms with Gasteiger partial charge >= 0.3 is 5.97 Å². The van der Waals surface area contributed by atoms with E-state index in [1.165, 1.54) is 6.92 Å². The number of rotatable bonds is 4. The number of carboxylic acids is 1. The highest BCUT2D eigenvalue weighted by Gasteiger charge is 2.24. The average molecular weight is 194 g/mol. The fourth-order valence-corrected chi connectivity index (χ4v) is 1.42. The summed E-state index contributed by atoms with van der Waals surface area (Å²) in [6.45, 7) is 1.54. The summed E-state index contributed by atoms with van der Waals surface area (Å²) in [5.74, 6) is -0.981. The first-order valence-electron chi connectivity index (χ1n) is 4.48. The van der Waals surface area contributed by atoms with Crippen molar-refractivity contribution in [3.63, 3.8) is 0 Å². The lowest BCUT2D eigenvalue weighted by Gasteiger charge is -2.20. The number of carbonyl (C=O) groups is 1. The van der Waals surface area contributed by atoms with Gasteiger partial charge in [0.25, 0.3) is 0 Å². The van der Waals surface area contributed by atoms with Crippen LogP contribution in [0.4, 0.5) is 0 Å². The Morgan fingerprint density at radius 1 is 1.36 bits per heavy atom. The molecule has 0 saturated heterocycles. The van der Waals surface area contributed by atoms with Gasteiger partial charge in [0.05, 0.1) is 12.0 Å². The maximum atomic E-state index is 10.4. The van der Waals surface area contributed by atoms with Gasteiger partial charge in [-0.15, -0.1) is 0 Å². The fourth-order valence-electron chi connectivity index (χ4n) is 1.42. The smallest absolute Gasteiger partial charge is 0.306 e. The Morgan fingerprint density at radius 2 is 1.93 bits per heavy atom. The van der Waals surface area contributed by atoms with Crippen molar-refractivity contribution in [1.82, 2.24) is 0 Å². The minimum absolute atomic E-state index is 0.234. The van der Waals surface area contributed by atoms with E-state index in [0.717, 1.165) is 5.56 Å². The zero-order chi connectivity index (χ0) is 10.6. The second-order valence-corrected chi connectivity index (χ2v) is 3.73. The van der Waals surface area contributed by atoms with Gasteiger partial charge in [-0.1, -0.05) is 30.3 Å². The molecule has 0 fully saturated rings. The minimum Gasteiger partial charge on any atom is -0.481 e. The van der Waals surface area contributed by atoms with Crippen LogP contribution in [-0.2, 0) is 11.2 Å². The van der Waals surface area contributed by atoms with Crippen molar-refractivity contribution < 1.29 is 15.0 Å². The Morgan fingerprint density at radius 3 is 2.43 bits per heavy atom. The molecule has 1 rings (SSSR count). The first-order chi connectivity index (χ1) is 6.49. The number of hydrogen-bond acceptors (Lipinski definition) is 2. The third-order valence-electron chi connectivity index (χ3n) is 1.96. The molecule has 0 spiro atoms. The first-order valence-corrected chi connectivity index (χ1v) is 4.48. The highest BCUT2D eigenvalue weighted by Crippen LogP contribution is 2.16. The normalized spacial score (nSPS) is 14.7. The molecular weight excluding hydrogens is 180 g/mol. The molecule has 1 aromatic carbocycles. The standard InChI is InChI=1S/C11H14O3/c1-11(14,8-10(12)13)7-9-5-3-2-4-6-9/h2-6,14H,7-8H2,1H3,(H,12,13)/t11-/m0/s1. The SMILES string of the molecule is C[C@@](O)(CC(=O)O)Cc1ccccc1. The van der Waals surface area contributed by atoms with Crippen LogP contribution in [0.5, 0.6) is 0 Å². The minimum atomic E-state index is -1.17. The molecule has 1 aromatic rings. The highest BCUT2D eigenvalue weighted by atomic mass is 16.4. The van der Waals surface area contributed by atoms with E-state index in [0.29, 0.717) is 6.42 Å². The summed E-state index contributed by atoms with van der Waals surface area (Å²) in [5, 5.41) is 18.3. The van der Waals surface area contributed by atoms with E-state index < -0.39 is 11.6 Å². The number of hydrogen-bond donors (Lipinski definition) is 2. The van der Waals surface area contributed by atoms with Crippen molar-refractivity contribution in [3.8, 4) is 0 Å². The van der Waals surface area contributed by atoms with Crippen LogP contribution in [0, 0.1) is 0 Å². The summed E-state index contributed by atoms with van der Waals surface area (Å²) < 4.78 is 0. The summed E-state index contributed by atoms with van der Waals surface area (Å²) in [7, 11) is 0. The molecule has 3 heteroatoms. The van der Waals surface area contributed by atoms with E-state index in [-0.39, 0.29) is 6.42 Å². The lowest BCUT2D eigenvalue weighted by molar-refractivity contribution is -0.141. The third-order valence-corrected chi connectivity index (χ3v) is 1.96. The van der Waals surface area contributed by atoms with E-state index in [9.17, 15) is 9.90 Å². The second kappa shape index (κ2) is 4.24. The molecule has 76 valence electrons. The zero-order valence-electron chi connectivity index (χ0n) is 8.10. The molecular formula is C11H14O3. The Kier molecular flexibility index (Phi) is 3.25. The van der Waals surface area contributed by atoms with Crippen molar-refractivity contribution >= 4 is 5.97 Å². The van der Waals surface area contributed by atoms with Gasteiger partial charge in [-0.05, 0) is 12.5 Å². The molecule has 1 atom stereocenters. The van der Waals surface area contributed by atoms with Crippen LogP contribution >= 0.6 is 0 Å². The summed E-state index contributed by atoms with van der Waals surface area (Å²) >= 11 is 0. The topological polar surface area (TPSA) is 57.5 Å². The van der Waals surface area contributed by atoms with Crippen molar-refractivity contribution in [1.29, 1.82) is 0 Å². The van der Waals surface area contributed by atoms with Crippen LogP contribution in [0.3, 0.4) is 0 Å². The maximum Gasteiger partial charge on any atom is 0.306 e. The largest absolute Gasteiger partial charge is 0.481 e. The number of aliphatic carboxylic acids is 1. The van der Waals surface area contributed by atoms with Crippen LogP contribution < -0.4 is 0 Å². The molecule has 0 radical (unpaired) electrons. The van der Waals surface area contributed by atoms with Gasteiger partial charge in [0.15, 0.2) is 0 Å². The van der Waals surface area contributed by atoms with Crippen LogP contribution in [0.15, 0.2) is 30.3 Å². The fraction of sp³-hybridized carbons (Fsp3) is 0.364. The first kappa shape index (κ1) is 10.7. The molecule has 0 aliphatic carbocycles. The van der Waals surface area contributed by atoms with E-state index in [2.05, 4.69) is 0 Å². The monoisotopic (exact) mass is 194 g/mol. The molecule has 0 heterocycles. The number of carboxylic acid groups (broad SMARTS) is 1. The lowest BCUT2D eigenvalue weighted by Crippen LogP contribution is -2.30. The molecule has 0 aromatic heterocycles. The van der Waals surface area contributed by atoms with Gasteiger partial charge in [0, 0.05) is 6.42 Å². The van der Waals surface area contributed by atoms with Gasteiger partial charge in [-0.25, -0.2) is 0 Å². The molecule has 0 aliphatic heterocycles. The van der Waals surface area contributed by atoms with E-state index in [1.54, 1.807) is 0 Å². The highest BCUT2D eigenvalue weighted by molar-refractivity contribution is 5.68. The van der Waals surface area contributed by atoms with E-state index >= 15 is 0 Å². The van der Waals surface area contributed by atoms with Crippen LogP contribution in [0.1, 0.15) is 18.9 Å². The summed E-state index contributed by atoms with van der Waals surface area (Å²) in [6, 6.07) is 9.36. The van der Waals surface area contributed by atoms with E-state index in [4.69, 9.17) is 5.11 Å². The Labute approximate surface area is 83.0 Å². The predicted octanol–water partition coefficient (Wildman–Crippen LogP) is 1.45. The molecule has 3 nitrogen and oxygen atoms in total. The third kappa shape index (κ3) is 3.58. The number of benzene rings is 1. The zero-order valence-corrected chi connectivity index (χ0v) is 8.10. The summed E-state index contributed by atoms with van der Waals surface area (Å²) in [6.07, 6.45) is 0.127. The predicted molar refractivity (Wildman–Crippen MR) is 53.0 cm³/mol. The van der Waals surface area contributed by atoms with Crippen molar-refractivity contribution in [2.24, 2.45) is 0 Å². The van der Waals surface area contributed by atoms with Crippen molar-refractivity contribution in [3.05, 3.63) is 35.9 Å². The van der Waals surface area contributed by atoms with Gasteiger partial charge in [0.2, 0.25) is 0 Å². The van der Waals surface area contributed by atoms with Crippen molar-refractivity contribution in [2.75, 3.05) is 0 Å². The molecule has 2 N–H and O–H groups in total. The molecule has 0 bridgehead atoms. The molecule has 14 heavy (non-hydrogen) atoms. The average Bonchev–Trinajstić information content (AvgIpc) is 2.02. The lowest BCUT2D eigenvalue weighted by atomic mass is 9.93. The van der Waals surface area contributed by atoms with Gasteiger partial charge in [-0.2, -0.15) is 0 Å². The van der Waals surface area contributed by atoms with Gasteiger partial charge in [0.1, 0.15) is 0 Å². The Hall–Kier alpha value is -1.35. The molecule has 0 unspecified atom stereocenters. The van der Waals surface area contributed by atoms with E-state index in [1.807, 2.05) is 30.3 Å². The summed E-state index contributed by atoms with van der Waals surface area (Å²) in [5.41, 5.74) is -0.230. The van der Waals surface area contributed by atoms with Crippen LogP contribution in [0.25, 0.3) is 0 Å². The molecule has 0 amide bonds. The molecule has 0 aliphatic rings. The van der Waals surface area contributed by atoms with Crippen LogP contribution in [0.2, 0.25) is 0 Å². The molecule has 0 saturated carbocycles. The quantitative estimate of drug-likeness (QED) is 0.762. The summed E-state index contributed by atoms with van der Waals surface area (Å²) in [4.78, 5) is 10.4. The van der Waals surface area contributed by atoms with Crippen molar-refractivity contribution in [2.45, 2.75) is 25.4 Å². The Balaban J connectivity index is 2.63. The maximum absolute atomic E-state index is 10.4. The van der Waals surface area contributed by atoms with Crippen LogP contribution in [-0.4, -0.2) is 21.8 Å². The second-order valence-electron chi connectivity index (χ2n) is 3.73. The van der Waals surface area contributed by atoms with Gasteiger partial charge < -0.3 is 10.2 Å². The van der Waals surface area contributed by atoms with Gasteiger partial charge in [-0.3, -0.25) is 4.79 Å².